The number of hydrogen-bond acceptors (Lipinski definition) is 7. The van der Waals surface area contributed by atoms with Crippen molar-refractivity contribution in [2.45, 2.75) is 26.3 Å². The summed E-state index contributed by atoms with van der Waals surface area (Å²) in [7, 11) is 0. The van der Waals surface area contributed by atoms with Crippen LogP contribution in [-0.2, 0) is 9.53 Å². The second-order valence-corrected chi connectivity index (χ2v) is 9.45. The Morgan fingerprint density at radius 2 is 1.84 bits per heavy atom. The molecule has 1 unspecified atom stereocenters. The van der Waals surface area contributed by atoms with E-state index in [2.05, 4.69) is 4.90 Å². The summed E-state index contributed by atoms with van der Waals surface area (Å²) >= 11 is 0. The second kappa shape index (κ2) is 10.8. The van der Waals surface area contributed by atoms with Gasteiger partial charge >= 0.3 is 0 Å². The summed E-state index contributed by atoms with van der Waals surface area (Å²) in [5, 5.41) is 11.8. The Morgan fingerprint density at radius 3 is 2.57 bits per heavy atom. The van der Waals surface area contributed by atoms with E-state index in [1.54, 1.807) is 11.0 Å². The molecule has 5 rings (SSSR count). The van der Waals surface area contributed by atoms with Gasteiger partial charge in [0.15, 0.2) is 11.5 Å². The van der Waals surface area contributed by atoms with Crippen LogP contribution in [0.5, 0.6) is 5.75 Å². The van der Waals surface area contributed by atoms with E-state index >= 15 is 0 Å². The quantitative estimate of drug-likeness (QED) is 0.431. The van der Waals surface area contributed by atoms with Gasteiger partial charge < -0.3 is 23.9 Å². The molecule has 3 aromatic rings. The maximum Gasteiger partial charge on any atom is 0.290 e. The molecule has 37 heavy (non-hydrogen) atoms. The Hall–Kier alpha value is -3.62. The molecule has 0 aliphatic carbocycles. The number of ether oxygens (including phenoxy) is 2. The zero-order valence-electron chi connectivity index (χ0n) is 21.2. The van der Waals surface area contributed by atoms with Gasteiger partial charge in [-0.25, -0.2) is 0 Å². The molecule has 194 valence electrons. The first-order valence-corrected chi connectivity index (χ1v) is 12.8. The van der Waals surface area contributed by atoms with E-state index in [9.17, 15) is 14.7 Å². The number of aliphatic hydroxyl groups excluding tert-OH is 1. The van der Waals surface area contributed by atoms with Gasteiger partial charge in [-0.05, 0) is 56.2 Å². The largest absolute Gasteiger partial charge is 0.503 e. The Kier molecular flexibility index (Phi) is 7.30. The average molecular weight is 505 g/mol. The molecule has 1 saturated heterocycles. The van der Waals surface area contributed by atoms with Gasteiger partial charge in [0.25, 0.3) is 5.91 Å². The smallest absolute Gasteiger partial charge is 0.290 e. The second-order valence-electron chi connectivity index (χ2n) is 9.45. The van der Waals surface area contributed by atoms with Crippen LogP contribution in [-0.4, -0.2) is 72.6 Å². The highest BCUT2D eigenvalue weighted by molar-refractivity contribution is 6.16. The molecule has 2 aliphatic rings. The lowest BCUT2D eigenvalue weighted by Gasteiger charge is -2.30. The van der Waals surface area contributed by atoms with Crippen LogP contribution in [0.3, 0.4) is 0 Å². The molecule has 8 heteroatoms. The van der Waals surface area contributed by atoms with E-state index in [-0.39, 0.29) is 11.3 Å². The highest BCUT2D eigenvalue weighted by Gasteiger charge is 2.44. The number of amides is 1. The molecule has 1 atom stereocenters. The normalized spacial score (nSPS) is 18.7. The van der Waals surface area contributed by atoms with Crippen molar-refractivity contribution in [1.82, 2.24) is 9.80 Å². The van der Waals surface area contributed by atoms with Crippen LogP contribution in [0, 0.1) is 6.92 Å². The fourth-order valence-electron chi connectivity index (χ4n) is 5.07. The first-order valence-electron chi connectivity index (χ1n) is 12.8. The van der Waals surface area contributed by atoms with Crippen LogP contribution >= 0.6 is 0 Å². The lowest BCUT2D eigenvalue weighted by atomic mass is 9.95. The number of morpholine rings is 1. The highest BCUT2D eigenvalue weighted by atomic mass is 16.5. The molecular formula is C29H32N2O6. The number of fused-ring (bicyclic) bond motifs is 1. The van der Waals surface area contributed by atoms with Gasteiger partial charge in [0.05, 0.1) is 31.4 Å². The van der Waals surface area contributed by atoms with Crippen molar-refractivity contribution in [3.63, 3.8) is 0 Å². The third-order valence-corrected chi connectivity index (χ3v) is 6.93. The molecular weight excluding hydrogens is 472 g/mol. The van der Waals surface area contributed by atoms with Crippen molar-refractivity contribution in [2.75, 3.05) is 46.0 Å². The van der Waals surface area contributed by atoms with Gasteiger partial charge in [-0.3, -0.25) is 14.5 Å². The molecule has 1 fully saturated rings. The number of hydrogen-bond donors (Lipinski definition) is 1. The Labute approximate surface area is 216 Å². The van der Waals surface area contributed by atoms with Gasteiger partial charge in [0.2, 0.25) is 5.78 Å². The van der Waals surface area contributed by atoms with E-state index in [0.29, 0.717) is 44.1 Å². The van der Waals surface area contributed by atoms with Crippen LogP contribution < -0.4 is 4.74 Å². The summed E-state index contributed by atoms with van der Waals surface area (Å²) in [6, 6.07) is 13.9. The number of aryl methyl sites for hydroxylation is 1. The SMILES string of the molecule is CCOc1ccc(C2C(C(=O)c3cc4cc(C)ccc4o3)=C(O)C(=O)N2CCCN2CCOCC2)cc1. The van der Waals surface area contributed by atoms with Crippen molar-refractivity contribution in [3.8, 4) is 5.75 Å². The zero-order chi connectivity index (χ0) is 25.9. The number of nitrogens with zero attached hydrogens (tertiary/aromatic N) is 2. The molecule has 0 spiro atoms. The van der Waals surface area contributed by atoms with Gasteiger partial charge in [0, 0.05) is 31.6 Å². The van der Waals surface area contributed by atoms with E-state index in [0.717, 1.165) is 36.1 Å². The number of aliphatic hydroxyl groups is 1. The fraction of sp³-hybridized carbons (Fsp3) is 0.379. The maximum atomic E-state index is 13.7. The minimum Gasteiger partial charge on any atom is -0.503 e. The predicted octanol–water partition coefficient (Wildman–Crippen LogP) is 4.44. The molecule has 8 nitrogen and oxygen atoms in total. The van der Waals surface area contributed by atoms with E-state index < -0.39 is 23.5 Å². The third-order valence-electron chi connectivity index (χ3n) is 6.93. The molecule has 0 saturated carbocycles. The standard InChI is InChI=1S/C29H32N2O6/c1-3-36-22-8-6-20(7-9-22)26-25(27(32)24-18-21-17-19(2)5-10-23(21)37-24)28(33)29(34)31(26)12-4-11-30-13-15-35-16-14-30/h5-10,17-18,26,33H,3-4,11-16H2,1-2H3. The topological polar surface area (TPSA) is 92.5 Å². The molecule has 1 aromatic heterocycles. The number of Topliss-reactive ketones (excluding diaryl/α,β-unsaturated/α-hetero) is 1. The first kappa shape index (κ1) is 25.0. The van der Waals surface area contributed by atoms with Crippen LogP contribution in [0.1, 0.15) is 41.1 Å². The number of carbonyl (C=O) groups excluding carboxylic acids is 2. The van der Waals surface area contributed by atoms with Gasteiger partial charge in [-0.2, -0.15) is 0 Å². The van der Waals surface area contributed by atoms with Crippen molar-refractivity contribution in [3.05, 3.63) is 76.8 Å². The van der Waals surface area contributed by atoms with E-state index in [1.165, 1.54) is 0 Å². The summed E-state index contributed by atoms with van der Waals surface area (Å²) < 4.78 is 16.8. The molecule has 3 heterocycles. The fourth-order valence-corrected chi connectivity index (χ4v) is 5.07. The summed E-state index contributed by atoms with van der Waals surface area (Å²) in [5.41, 5.74) is 2.39. The number of carbonyl (C=O) groups is 2. The lowest BCUT2D eigenvalue weighted by molar-refractivity contribution is -0.129. The van der Waals surface area contributed by atoms with Crippen molar-refractivity contribution in [1.29, 1.82) is 0 Å². The number of ketones is 1. The summed E-state index contributed by atoms with van der Waals surface area (Å²) in [6.07, 6.45) is 0.706. The van der Waals surface area contributed by atoms with Crippen LogP contribution in [0.4, 0.5) is 0 Å². The zero-order valence-corrected chi connectivity index (χ0v) is 21.2. The van der Waals surface area contributed by atoms with Crippen LogP contribution in [0.15, 0.2) is 64.3 Å². The molecule has 2 aromatic carbocycles. The van der Waals surface area contributed by atoms with Crippen LogP contribution in [0.2, 0.25) is 0 Å². The van der Waals surface area contributed by atoms with Gasteiger partial charge in [0.1, 0.15) is 11.3 Å². The Morgan fingerprint density at radius 1 is 1.08 bits per heavy atom. The molecule has 1 N–H and O–H groups in total. The highest BCUT2D eigenvalue weighted by Crippen LogP contribution is 2.40. The van der Waals surface area contributed by atoms with Crippen LogP contribution in [0.25, 0.3) is 11.0 Å². The minimum absolute atomic E-state index is 0.0383. The minimum atomic E-state index is -0.727. The lowest BCUT2D eigenvalue weighted by Crippen LogP contribution is -2.39. The summed E-state index contributed by atoms with van der Waals surface area (Å²) in [5.74, 6) is -0.762. The summed E-state index contributed by atoms with van der Waals surface area (Å²) in [4.78, 5) is 30.9. The Bertz CT molecular complexity index is 1320. The van der Waals surface area contributed by atoms with E-state index in [1.807, 2.05) is 56.3 Å². The number of furan rings is 1. The first-order chi connectivity index (χ1) is 18.0. The van der Waals surface area contributed by atoms with E-state index in [4.69, 9.17) is 13.9 Å². The maximum absolute atomic E-state index is 13.7. The van der Waals surface area contributed by atoms with Crippen molar-refractivity contribution >= 4 is 22.7 Å². The molecule has 0 radical (unpaired) electrons. The van der Waals surface area contributed by atoms with Gasteiger partial charge in [-0.15, -0.1) is 0 Å². The van der Waals surface area contributed by atoms with Crippen molar-refractivity contribution < 1.29 is 28.6 Å². The number of rotatable bonds is 9. The number of benzene rings is 2. The Balaban J connectivity index is 1.45. The molecule has 2 aliphatic heterocycles. The van der Waals surface area contributed by atoms with Gasteiger partial charge in [-0.1, -0.05) is 23.8 Å². The van der Waals surface area contributed by atoms with Crippen molar-refractivity contribution in [2.24, 2.45) is 0 Å². The predicted molar refractivity (Wildman–Crippen MR) is 139 cm³/mol. The third kappa shape index (κ3) is 5.12. The average Bonchev–Trinajstić information content (AvgIpc) is 3.44. The molecule has 1 amide bonds. The monoisotopic (exact) mass is 504 g/mol. The molecule has 0 bridgehead atoms. The summed E-state index contributed by atoms with van der Waals surface area (Å²) in [6.45, 7) is 8.73.